The van der Waals surface area contributed by atoms with Gasteiger partial charge in [0.1, 0.15) is 0 Å². The number of amides is 1. The second-order valence-corrected chi connectivity index (χ2v) is 5.88. The second kappa shape index (κ2) is 7.58. The van der Waals surface area contributed by atoms with Crippen molar-refractivity contribution in [2.45, 2.75) is 13.0 Å². The van der Waals surface area contributed by atoms with E-state index in [-0.39, 0.29) is 17.7 Å². The monoisotopic (exact) mass is 329 g/mol. The number of hydrogen-bond acceptors (Lipinski definition) is 2. The van der Waals surface area contributed by atoms with Gasteiger partial charge in [-0.15, -0.1) is 0 Å². The molecule has 0 saturated carbocycles. The standard InChI is InChI=1S/C22H19NO2/c1-16(17-8-4-2-5-9-17)23-22(25)20-14-12-19(13-15-20)21(24)18-10-6-3-7-11-18/h2-16H,1H3,(H,23,25). The fourth-order valence-electron chi connectivity index (χ4n) is 2.63. The van der Waals surface area contributed by atoms with Crippen LogP contribution in [-0.4, -0.2) is 11.7 Å². The van der Waals surface area contributed by atoms with Crippen LogP contribution < -0.4 is 5.32 Å². The van der Waals surface area contributed by atoms with E-state index in [0.29, 0.717) is 16.7 Å². The van der Waals surface area contributed by atoms with Crippen molar-refractivity contribution in [2.24, 2.45) is 0 Å². The van der Waals surface area contributed by atoms with E-state index in [9.17, 15) is 9.59 Å². The van der Waals surface area contributed by atoms with Crippen molar-refractivity contribution < 1.29 is 9.59 Å². The second-order valence-electron chi connectivity index (χ2n) is 5.88. The van der Waals surface area contributed by atoms with Crippen molar-refractivity contribution in [1.29, 1.82) is 0 Å². The third-order valence-electron chi connectivity index (χ3n) is 4.09. The van der Waals surface area contributed by atoms with Crippen molar-refractivity contribution in [3.8, 4) is 0 Å². The molecule has 0 bridgehead atoms. The zero-order chi connectivity index (χ0) is 17.6. The maximum absolute atomic E-state index is 12.4. The van der Waals surface area contributed by atoms with Crippen LogP contribution in [-0.2, 0) is 0 Å². The molecule has 0 fully saturated rings. The predicted octanol–water partition coefficient (Wildman–Crippen LogP) is 4.41. The summed E-state index contributed by atoms with van der Waals surface area (Å²) in [6.07, 6.45) is 0. The molecule has 3 aromatic carbocycles. The van der Waals surface area contributed by atoms with E-state index in [1.807, 2.05) is 55.5 Å². The summed E-state index contributed by atoms with van der Waals surface area (Å²) >= 11 is 0. The smallest absolute Gasteiger partial charge is 0.251 e. The van der Waals surface area contributed by atoms with E-state index in [1.165, 1.54) is 0 Å². The van der Waals surface area contributed by atoms with Gasteiger partial charge in [0.2, 0.25) is 0 Å². The van der Waals surface area contributed by atoms with Crippen molar-refractivity contribution in [3.63, 3.8) is 0 Å². The van der Waals surface area contributed by atoms with Gasteiger partial charge in [0.15, 0.2) is 5.78 Å². The largest absolute Gasteiger partial charge is 0.346 e. The molecule has 3 nitrogen and oxygen atoms in total. The number of rotatable bonds is 5. The third-order valence-corrected chi connectivity index (χ3v) is 4.09. The summed E-state index contributed by atoms with van der Waals surface area (Å²) in [4.78, 5) is 24.8. The molecule has 1 atom stereocenters. The van der Waals surface area contributed by atoms with Crippen molar-refractivity contribution in [3.05, 3.63) is 107 Å². The number of ketones is 1. The fraction of sp³-hybridized carbons (Fsp3) is 0.0909. The lowest BCUT2D eigenvalue weighted by molar-refractivity contribution is 0.0938. The first-order chi connectivity index (χ1) is 12.1. The average molecular weight is 329 g/mol. The highest BCUT2D eigenvalue weighted by molar-refractivity contribution is 6.09. The first-order valence-electron chi connectivity index (χ1n) is 8.21. The summed E-state index contributed by atoms with van der Waals surface area (Å²) in [7, 11) is 0. The van der Waals surface area contributed by atoms with Gasteiger partial charge in [0.25, 0.3) is 5.91 Å². The molecule has 0 aliphatic heterocycles. The molecule has 3 rings (SSSR count). The molecule has 0 aliphatic rings. The lowest BCUT2D eigenvalue weighted by Gasteiger charge is -2.14. The zero-order valence-corrected chi connectivity index (χ0v) is 14.0. The SMILES string of the molecule is CC(NC(=O)c1ccc(C(=O)c2ccccc2)cc1)c1ccccc1. The molecule has 124 valence electrons. The molecule has 0 heterocycles. The Morgan fingerprint density at radius 3 is 1.76 bits per heavy atom. The summed E-state index contributed by atoms with van der Waals surface area (Å²) in [5, 5.41) is 2.97. The van der Waals surface area contributed by atoms with E-state index in [4.69, 9.17) is 0 Å². The van der Waals surface area contributed by atoms with Gasteiger partial charge in [-0.3, -0.25) is 9.59 Å². The van der Waals surface area contributed by atoms with Crippen LogP contribution in [0.15, 0.2) is 84.9 Å². The van der Waals surface area contributed by atoms with Gasteiger partial charge in [0, 0.05) is 16.7 Å². The summed E-state index contributed by atoms with van der Waals surface area (Å²) in [5.74, 6) is -0.208. The van der Waals surface area contributed by atoms with Gasteiger partial charge in [-0.2, -0.15) is 0 Å². The van der Waals surface area contributed by atoms with Gasteiger partial charge < -0.3 is 5.32 Å². The van der Waals surface area contributed by atoms with Crippen LogP contribution >= 0.6 is 0 Å². The van der Waals surface area contributed by atoms with Gasteiger partial charge in [-0.25, -0.2) is 0 Å². The quantitative estimate of drug-likeness (QED) is 0.705. The van der Waals surface area contributed by atoms with Crippen LogP contribution in [0.25, 0.3) is 0 Å². The molecular weight excluding hydrogens is 310 g/mol. The van der Waals surface area contributed by atoms with Crippen LogP contribution in [0.5, 0.6) is 0 Å². The van der Waals surface area contributed by atoms with Crippen molar-refractivity contribution in [1.82, 2.24) is 5.32 Å². The summed E-state index contributed by atoms with van der Waals surface area (Å²) < 4.78 is 0. The van der Waals surface area contributed by atoms with Gasteiger partial charge in [-0.1, -0.05) is 72.8 Å². The number of carbonyl (C=O) groups excluding carboxylic acids is 2. The third kappa shape index (κ3) is 4.01. The fourth-order valence-corrected chi connectivity index (χ4v) is 2.63. The van der Waals surface area contributed by atoms with Crippen LogP contribution in [0.1, 0.15) is 44.8 Å². The van der Waals surface area contributed by atoms with Gasteiger partial charge in [-0.05, 0) is 24.6 Å². The number of carbonyl (C=O) groups is 2. The Balaban J connectivity index is 1.70. The molecule has 0 spiro atoms. The highest BCUT2D eigenvalue weighted by Gasteiger charge is 2.13. The van der Waals surface area contributed by atoms with Gasteiger partial charge in [0.05, 0.1) is 6.04 Å². The summed E-state index contributed by atoms with van der Waals surface area (Å²) in [6, 6.07) is 25.6. The van der Waals surface area contributed by atoms with Crippen molar-refractivity contribution >= 4 is 11.7 Å². The van der Waals surface area contributed by atoms with Gasteiger partial charge >= 0.3 is 0 Å². The van der Waals surface area contributed by atoms with Crippen LogP contribution in [0.2, 0.25) is 0 Å². The normalized spacial score (nSPS) is 11.6. The lowest BCUT2D eigenvalue weighted by atomic mass is 10.0. The Kier molecular flexibility index (Phi) is 5.05. The average Bonchev–Trinajstić information content (AvgIpc) is 2.69. The maximum atomic E-state index is 12.4. The first kappa shape index (κ1) is 16.7. The molecule has 0 radical (unpaired) electrons. The molecule has 0 aromatic heterocycles. The maximum Gasteiger partial charge on any atom is 0.251 e. The Morgan fingerprint density at radius 1 is 0.680 bits per heavy atom. The van der Waals surface area contributed by atoms with E-state index in [1.54, 1.807) is 36.4 Å². The molecule has 1 unspecified atom stereocenters. The highest BCUT2D eigenvalue weighted by atomic mass is 16.1. The van der Waals surface area contributed by atoms with Crippen molar-refractivity contribution in [2.75, 3.05) is 0 Å². The minimum atomic E-state index is -0.157. The Morgan fingerprint density at radius 2 is 1.16 bits per heavy atom. The minimum Gasteiger partial charge on any atom is -0.346 e. The Labute approximate surface area is 147 Å². The Hall–Kier alpha value is -3.20. The number of hydrogen-bond donors (Lipinski definition) is 1. The van der Waals surface area contributed by atoms with Crippen LogP contribution in [0, 0.1) is 0 Å². The van der Waals surface area contributed by atoms with Crippen LogP contribution in [0.3, 0.4) is 0 Å². The number of benzene rings is 3. The molecule has 3 aromatic rings. The summed E-state index contributed by atoms with van der Waals surface area (Å²) in [6.45, 7) is 1.94. The number of nitrogens with one attached hydrogen (secondary N) is 1. The van der Waals surface area contributed by atoms with E-state index < -0.39 is 0 Å². The molecule has 0 saturated heterocycles. The Bertz CT molecular complexity index is 856. The van der Waals surface area contributed by atoms with E-state index in [0.717, 1.165) is 5.56 Å². The summed E-state index contributed by atoms with van der Waals surface area (Å²) in [5.41, 5.74) is 2.79. The van der Waals surface area contributed by atoms with Crippen LogP contribution in [0.4, 0.5) is 0 Å². The zero-order valence-electron chi connectivity index (χ0n) is 14.0. The molecular formula is C22H19NO2. The molecule has 1 N–H and O–H groups in total. The topological polar surface area (TPSA) is 46.2 Å². The molecule has 25 heavy (non-hydrogen) atoms. The predicted molar refractivity (Wildman–Crippen MR) is 98.6 cm³/mol. The van der Waals surface area contributed by atoms with E-state index >= 15 is 0 Å². The van der Waals surface area contributed by atoms with E-state index in [2.05, 4.69) is 5.32 Å². The molecule has 1 amide bonds. The lowest BCUT2D eigenvalue weighted by Crippen LogP contribution is -2.26. The first-order valence-corrected chi connectivity index (χ1v) is 8.21. The highest BCUT2D eigenvalue weighted by Crippen LogP contribution is 2.14. The minimum absolute atomic E-state index is 0.0507. The molecule has 0 aliphatic carbocycles. The molecule has 3 heteroatoms.